The Hall–Kier alpha value is -1.88. The molecule has 18 heavy (non-hydrogen) atoms. The van der Waals surface area contributed by atoms with E-state index < -0.39 is 0 Å². The van der Waals surface area contributed by atoms with Crippen LogP contribution in [0.3, 0.4) is 0 Å². The summed E-state index contributed by atoms with van der Waals surface area (Å²) in [6, 6.07) is 9.94. The number of H-pyrrole nitrogens is 1. The monoisotopic (exact) mass is 305 g/mol. The van der Waals surface area contributed by atoms with Crippen molar-refractivity contribution in [2.75, 3.05) is 5.73 Å². The van der Waals surface area contributed by atoms with E-state index in [9.17, 15) is 4.39 Å². The second-order valence-electron chi connectivity index (χ2n) is 3.99. The molecule has 5 heteroatoms. The number of halogens is 2. The normalized spacial score (nSPS) is 11.0. The SMILES string of the molecule is Nc1ccc(Br)c(-c2nc3ccc(F)cc3[nH]2)c1. The lowest BCUT2D eigenvalue weighted by Crippen LogP contribution is -1.88. The number of nitrogens with one attached hydrogen (secondary N) is 1. The Morgan fingerprint density at radius 2 is 2.00 bits per heavy atom. The van der Waals surface area contributed by atoms with Crippen LogP contribution in [0.4, 0.5) is 10.1 Å². The predicted octanol–water partition coefficient (Wildman–Crippen LogP) is 3.71. The highest BCUT2D eigenvalue weighted by molar-refractivity contribution is 9.10. The summed E-state index contributed by atoms with van der Waals surface area (Å²) in [6.07, 6.45) is 0. The van der Waals surface area contributed by atoms with Crippen LogP contribution in [-0.4, -0.2) is 9.97 Å². The van der Waals surface area contributed by atoms with Gasteiger partial charge in [0.1, 0.15) is 11.6 Å². The molecule has 0 saturated carbocycles. The second-order valence-corrected chi connectivity index (χ2v) is 4.84. The molecule has 0 atom stereocenters. The second kappa shape index (κ2) is 4.10. The van der Waals surface area contributed by atoms with Crippen LogP contribution in [0.15, 0.2) is 40.9 Å². The minimum Gasteiger partial charge on any atom is -0.399 e. The summed E-state index contributed by atoms with van der Waals surface area (Å²) in [7, 11) is 0. The molecule has 0 radical (unpaired) electrons. The lowest BCUT2D eigenvalue weighted by atomic mass is 10.2. The van der Waals surface area contributed by atoms with Crippen molar-refractivity contribution in [3.63, 3.8) is 0 Å². The number of fused-ring (bicyclic) bond motifs is 1. The molecule has 0 aliphatic rings. The van der Waals surface area contributed by atoms with Gasteiger partial charge in [0.2, 0.25) is 0 Å². The van der Waals surface area contributed by atoms with Gasteiger partial charge in [-0.25, -0.2) is 9.37 Å². The highest BCUT2D eigenvalue weighted by Crippen LogP contribution is 2.29. The fraction of sp³-hybridized carbons (Fsp3) is 0. The summed E-state index contributed by atoms with van der Waals surface area (Å²) in [4.78, 5) is 7.50. The maximum Gasteiger partial charge on any atom is 0.139 e. The number of hydrogen-bond acceptors (Lipinski definition) is 2. The molecular formula is C13H9BrFN3. The van der Waals surface area contributed by atoms with Crippen molar-refractivity contribution in [1.29, 1.82) is 0 Å². The zero-order valence-electron chi connectivity index (χ0n) is 9.24. The van der Waals surface area contributed by atoms with Gasteiger partial charge in [0.05, 0.1) is 11.0 Å². The van der Waals surface area contributed by atoms with Crippen molar-refractivity contribution in [3.05, 3.63) is 46.7 Å². The third kappa shape index (κ3) is 1.86. The molecule has 0 aliphatic carbocycles. The van der Waals surface area contributed by atoms with Gasteiger partial charge in [-0.3, -0.25) is 0 Å². The Bertz CT molecular complexity index is 736. The van der Waals surface area contributed by atoms with E-state index in [4.69, 9.17) is 5.73 Å². The Morgan fingerprint density at radius 3 is 2.83 bits per heavy atom. The van der Waals surface area contributed by atoms with Crippen LogP contribution >= 0.6 is 15.9 Å². The molecule has 0 spiro atoms. The van der Waals surface area contributed by atoms with Gasteiger partial charge in [0, 0.05) is 15.7 Å². The first-order valence-electron chi connectivity index (χ1n) is 5.34. The van der Waals surface area contributed by atoms with Gasteiger partial charge in [0.25, 0.3) is 0 Å². The Kier molecular flexibility index (Phi) is 2.56. The van der Waals surface area contributed by atoms with Crippen LogP contribution in [0.25, 0.3) is 22.4 Å². The minimum atomic E-state index is -0.288. The zero-order chi connectivity index (χ0) is 12.7. The van der Waals surface area contributed by atoms with Crippen molar-refractivity contribution in [2.45, 2.75) is 0 Å². The number of aromatic amines is 1. The molecule has 3 N–H and O–H groups in total. The molecule has 0 fully saturated rings. The molecule has 90 valence electrons. The van der Waals surface area contributed by atoms with Crippen LogP contribution in [0.1, 0.15) is 0 Å². The minimum absolute atomic E-state index is 0.288. The highest BCUT2D eigenvalue weighted by atomic mass is 79.9. The summed E-state index contributed by atoms with van der Waals surface area (Å²) in [5.41, 5.74) is 8.66. The first-order chi connectivity index (χ1) is 8.63. The van der Waals surface area contributed by atoms with E-state index in [0.717, 1.165) is 15.6 Å². The predicted molar refractivity (Wildman–Crippen MR) is 73.6 cm³/mol. The van der Waals surface area contributed by atoms with Gasteiger partial charge in [-0.15, -0.1) is 0 Å². The van der Waals surface area contributed by atoms with Gasteiger partial charge in [-0.05, 0) is 36.4 Å². The molecule has 0 saturated heterocycles. The maximum absolute atomic E-state index is 13.1. The molecule has 1 heterocycles. The summed E-state index contributed by atoms with van der Waals surface area (Å²) in [6.45, 7) is 0. The fourth-order valence-corrected chi connectivity index (χ4v) is 2.27. The van der Waals surface area contributed by atoms with Gasteiger partial charge in [-0.2, -0.15) is 0 Å². The number of nitrogens with zero attached hydrogens (tertiary/aromatic N) is 1. The van der Waals surface area contributed by atoms with Crippen LogP contribution < -0.4 is 5.73 Å². The maximum atomic E-state index is 13.1. The molecule has 1 aromatic heterocycles. The lowest BCUT2D eigenvalue weighted by Gasteiger charge is -2.01. The van der Waals surface area contributed by atoms with Gasteiger partial charge < -0.3 is 10.7 Å². The molecule has 2 aromatic carbocycles. The molecule has 0 unspecified atom stereocenters. The smallest absolute Gasteiger partial charge is 0.139 e. The molecule has 0 aliphatic heterocycles. The van der Waals surface area contributed by atoms with E-state index in [1.807, 2.05) is 12.1 Å². The van der Waals surface area contributed by atoms with Gasteiger partial charge in [0.15, 0.2) is 0 Å². The van der Waals surface area contributed by atoms with Gasteiger partial charge in [-0.1, -0.05) is 15.9 Å². The summed E-state index contributed by atoms with van der Waals surface area (Å²) < 4.78 is 14.0. The van der Waals surface area contributed by atoms with Crippen molar-refractivity contribution >= 4 is 32.7 Å². The molecule has 3 rings (SSSR count). The van der Waals surface area contributed by atoms with E-state index in [1.165, 1.54) is 12.1 Å². The Labute approximate surface area is 111 Å². The molecule has 0 amide bonds. The number of nitrogens with two attached hydrogens (primary N) is 1. The summed E-state index contributed by atoms with van der Waals surface area (Å²) in [5.74, 6) is 0.374. The number of aromatic nitrogens is 2. The topological polar surface area (TPSA) is 54.7 Å². The van der Waals surface area contributed by atoms with Crippen LogP contribution in [0.2, 0.25) is 0 Å². The Morgan fingerprint density at radius 1 is 1.17 bits per heavy atom. The van der Waals surface area contributed by atoms with Crippen LogP contribution in [-0.2, 0) is 0 Å². The van der Waals surface area contributed by atoms with Crippen molar-refractivity contribution in [1.82, 2.24) is 9.97 Å². The zero-order valence-corrected chi connectivity index (χ0v) is 10.8. The third-order valence-corrected chi connectivity index (χ3v) is 3.38. The van der Waals surface area contributed by atoms with Crippen molar-refractivity contribution in [2.24, 2.45) is 0 Å². The molecule has 3 aromatic rings. The average Bonchev–Trinajstić information content (AvgIpc) is 2.74. The number of rotatable bonds is 1. The number of hydrogen-bond donors (Lipinski definition) is 2. The standard InChI is InChI=1S/C13H9BrFN3/c14-10-3-2-8(16)6-9(10)13-17-11-4-1-7(15)5-12(11)18-13/h1-6H,16H2,(H,17,18). The van der Waals surface area contributed by atoms with E-state index in [1.54, 1.807) is 12.1 Å². The first kappa shape index (κ1) is 11.2. The first-order valence-corrected chi connectivity index (χ1v) is 6.13. The third-order valence-electron chi connectivity index (χ3n) is 2.69. The number of anilines is 1. The number of imidazole rings is 1. The number of nitrogen functional groups attached to an aromatic ring is 1. The lowest BCUT2D eigenvalue weighted by molar-refractivity contribution is 0.629. The number of benzene rings is 2. The van der Waals surface area contributed by atoms with E-state index >= 15 is 0 Å². The van der Waals surface area contributed by atoms with Crippen LogP contribution in [0, 0.1) is 5.82 Å². The van der Waals surface area contributed by atoms with E-state index in [-0.39, 0.29) is 5.82 Å². The quantitative estimate of drug-likeness (QED) is 0.673. The molecule has 0 bridgehead atoms. The van der Waals surface area contributed by atoms with Crippen LogP contribution in [0.5, 0.6) is 0 Å². The van der Waals surface area contributed by atoms with Crippen molar-refractivity contribution < 1.29 is 4.39 Å². The Balaban J connectivity index is 2.22. The van der Waals surface area contributed by atoms with E-state index in [2.05, 4.69) is 25.9 Å². The van der Waals surface area contributed by atoms with Crippen molar-refractivity contribution in [3.8, 4) is 11.4 Å². The molecular weight excluding hydrogens is 297 g/mol. The van der Waals surface area contributed by atoms with E-state index in [0.29, 0.717) is 17.0 Å². The van der Waals surface area contributed by atoms with Gasteiger partial charge >= 0.3 is 0 Å². The molecule has 3 nitrogen and oxygen atoms in total. The average molecular weight is 306 g/mol. The largest absolute Gasteiger partial charge is 0.399 e. The summed E-state index contributed by atoms with van der Waals surface area (Å²) in [5, 5.41) is 0. The summed E-state index contributed by atoms with van der Waals surface area (Å²) >= 11 is 3.45. The fourth-order valence-electron chi connectivity index (χ4n) is 1.83. The highest BCUT2D eigenvalue weighted by Gasteiger charge is 2.09.